The van der Waals surface area contributed by atoms with Crippen molar-refractivity contribution in [3.63, 3.8) is 0 Å². The maximum absolute atomic E-state index is 12.0. The zero-order chi connectivity index (χ0) is 14.5. The molecule has 5 heteroatoms. The third-order valence-electron chi connectivity index (χ3n) is 3.64. The van der Waals surface area contributed by atoms with Crippen molar-refractivity contribution < 1.29 is 9.53 Å². The summed E-state index contributed by atoms with van der Waals surface area (Å²) in [6.07, 6.45) is 2.41. The summed E-state index contributed by atoms with van der Waals surface area (Å²) < 4.78 is 5.90. The molecule has 1 amide bonds. The minimum atomic E-state index is -0.379. The highest BCUT2D eigenvalue weighted by Crippen LogP contribution is 2.26. The van der Waals surface area contributed by atoms with E-state index in [1.165, 1.54) is 0 Å². The van der Waals surface area contributed by atoms with Crippen LogP contribution in [0.15, 0.2) is 24.3 Å². The number of benzene rings is 1. The maximum atomic E-state index is 12.0. The van der Waals surface area contributed by atoms with E-state index < -0.39 is 0 Å². The topological polar surface area (TPSA) is 55.6 Å². The first kappa shape index (κ1) is 15.1. The Kier molecular flexibility index (Phi) is 5.26. The van der Waals surface area contributed by atoms with E-state index in [2.05, 4.69) is 0 Å². The Bertz CT molecular complexity index is 459. The summed E-state index contributed by atoms with van der Waals surface area (Å²) >= 11 is 6.08. The monoisotopic (exact) mass is 296 g/mol. The number of hydrogen-bond donors (Lipinski definition) is 1. The summed E-state index contributed by atoms with van der Waals surface area (Å²) in [6, 6.07) is 7.09. The summed E-state index contributed by atoms with van der Waals surface area (Å²) in [7, 11) is 0. The van der Waals surface area contributed by atoms with Crippen molar-refractivity contribution in [2.75, 3.05) is 13.1 Å². The van der Waals surface area contributed by atoms with Gasteiger partial charge in [0.15, 0.2) is 0 Å². The lowest BCUT2D eigenvalue weighted by atomic mass is 10.1. The van der Waals surface area contributed by atoms with Crippen molar-refractivity contribution >= 4 is 17.5 Å². The first-order chi connectivity index (χ1) is 9.61. The summed E-state index contributed by atoms with van der Waals surface area (Å²) in [6.45, 7) is 3.32. The molecule has 1 heterocycles. The molecular weight excluding hydrogens is 276 g/mol. The van der Waals surface area contributed by atoms with Crippen LogP contribution in [0.4, 0.5) is 0 Å². The van der Waals surface area contributed by atoms with Gasteiger partial charge in [-0.2, -0.15) is 0 Å². The second-order valence-corrected chi connectivity index (χ2v) is 5.49. The van der Waals surface area contributed by atoms with E-state index >= 15 is 0 Å². The fourth-order valence-corrected chi connectivity index (χ4v) is 2.50. The van der Waals surface area contributed by atoms with Crippen LogP contribution in [0.2, 0.25) is 5.02 Å². The molecule has 1 aromatic carbocycles. The largest absolute Gasteiger partial charge is 0.489 e. The summed E-state index contributed by atoms with van der Waals surface area (Å²) in [5.74, 6) is 0.757. The van der Waals surface area contributed by atoms with Crippen molar-refractivity contribution in [1.29, 1.82) is 0 Å². The second kappa shape index (κ2) is 6.95. The van der Waals surface area contributed by atoms with Crippen LogP contribution in [0.3, 0.4) is 0 Å². The van der Waals surface area contributed by atoms with Gasteiger partial charge in [-0.15, -0.1) is 0 Å². The molecule has 20 heavy (non-hydrogen) atoms. The zero-order valence-corrected chi connectivity index (χ0v) is 12.5. The molecule has 1 saturated heterocycles. The summed E-state index contributed by atoms with van der Waals surface area (Å²) in [5, 5.41) is 0.624. The molecule has 1 unspecified atom stereocenters. The molecule has 2 rings (SSSR count). The van der Waals surface area contributed by atoms with Crippen LogP contribution in [0.1, 0.15) is 26.2 Å². The molecule has 0 radical (unpaired) electrons. The number of carbonyl (C=O) groups excluding carboxylic acids is 1. The van der Waals surface area contributed by atoms with Gasteiger partial charge in [-0.3, -0.25) is 4.79 Å². The molecule has 0 spiro atoms. The van der Waals surface area contributed by atoms with E-state index in [0.717, 1.165) is 12.8 Å². The van der Waals surface area contributed by atoms with Crippen molar-refractivity contribution in [1.82, 2.24) is 4.90 Å². The number of carbonyl (C=O) groups is 1. The standard InChI is InChI=1S/C15H21ClN2O2/c1-2-13(17)15(19)18-9-7-11(8-10-18)20-14-6-4-3-5-12(14)16/h3-6,11,13H,2,7-10,17H2,1H3. The lowest BCUT2D eigenvalue weighted by Gasteiger charge is -2.33. The quantitative estimate of drug-likeness (QED) is 0.928. The number of hydrogen-bond acceptors (Lipinski definition) is 3. The van der Waals surface area contributed by atoms with Crippen LogP contribution in [0.5, 0.6) is 5.75 Å². The lowest BCUT2D eigenvalue weighted by molar-refractivity contribution is -0.134. The van der Waals surface area contributed by atoms with Gasteiger partial charge in [0.25, 0.3) is 0 Å². The number of piperidine rings is 1. The third-order valence-corrected chi connectivity index (χ3v) is 3.95. The minimum absolute atomic E-state index is 0.0451. The number of halogens is 1. The van der Waals surface area contributed by atoms with Crippen LogP contribution in [-0.2, 0) is 4.79 Å². The zero-order valence-electron chi connectivity index (χ0n) is 11.7. The van der Waals surface area contributed by atoms with E-state index in [0.29, 0.717) is 30.3 Å². The SMILES string of the molecule is CCC(N)C(=O)N1CCC(Oc2ccccc2Cl)CC1. The number of rotatable bonds is 4. The second-order valence-electron chi connectivity index (χ2n) is 5.09. The molecular formula is C15H21ClN2O2. The Balaban J connectivity index is 1.86. The summed E-state index contributed by atoms with van der Waals surface area (Å²) in [5.41, 5.74) is 5.79. The molecule has 4 nitrogen and oxygen atoms in total. The number of para-hydroxylation sites is 1. The van der Waals surface area contributed by atoms with Gasteiger partial charge in [0, 0.05) is 25.9 Å². The Morgan fingerprint density at radius 2 is 2.10 bits per heavy atom. The maximum Gasteiger partial charge on any atom is 0.239 e. The fraction of sp³-hybridized carbons (Fsp3) is 0.533. The molecule has 0 bridgehead atoms. The van der Waals surface area contributed by atoms with E-state index in [4.69, 9.17) is 22.1 Å². The van der Waals surface area contributed by atoms with Gasteiger partial charge in [0.05, 0.1) is 11.1 Å². The normalized spacial score (nSPS) is 17.9. The molecule has 0 aromatic heterocycles. The highest BCUT2D eigenvalue weighted by Gasteiger charge is 2.26. The van der Waals surface area contributed by atoms with Crippen LogP contribution in [0.25, 0.3) is 0 Å². The van der Waals surface area contributed by atoms with Crippen molar-refractivity contribution in [2.24, 2.45) is 5.73 Å². The van der Waals surface area contributed by atoms with Gasteiger partial charge in [-0.05, 0) is 18.6 Å². The fourth-order valence-electron chi connectivity index (χ4n) is 2.32. The smallest absolute Gasteiger partial charge is 0.239 e. The third kappa shape index (κ3) is 3.64. The molecule has 0 aliphatic carbocycles. The molecule has 1 aromatic rings. The predicted molar refractivity (Wildman–Crippen MR) is 79.9 cm³/mol. The van der Waals surface area contributed by atoms with E-state index in [1.54, 1.807) is 0 Å². The van der Waals surface area contributed by atoms with E-state index in [1.807, 2.05) is 36.1 Å². The highest BCUT2D eigenvalue weighted by molar-refractivity contribution is 6.32. The van der Waals surface area contributed by atoms with Gasteiger partial charge < -0.3 is 15.4 Å². The number of ether oxygens (including phenoxy) is 1. The van der Waals surface area contributed by atoms with Gasteiger partial charge in [0.1, 0.15) is 11.9 Å². The Morgan fingerprint density at radius 3 is 2.70 bits per heavy atom. The van der Waals surface area contributed by atoms with Crippen LogP contribution < -0.4 is 10.5 Å². The van der Waals surface area contributed by atoms with Crippen LogP contribution in [0, 0.1) is 0 Å². The highest BCUT2D eigenvalue weighted by atomic mass is 35.5. The molecule has 2 N–H and O–H groups in total. The summed E-state index contributed by atoms with van der Waals surface area (Å²) in [4.78, 5) is 13.8. The molecule has 1 atom stereocenters. The Labute approximate surface area is 124 Å². The molecule has 110 valence electrons. The average Bonchev–Trinajstić information content (AvgIpc) is 2.49. The predicted octanol–water partition coefficient (Wildman–Crippen LogP) is 2.45. The Morgan fingerprint density at radius 1 is 1.45 bits per heavy atom. The van der Waals surface area contributed by atoms with Crippen LogP contribution >= 0.6 is 11.6 Å². The molecule has 0 saturated carbocycles. The molecule has 1 fully saturated rings. The minimum Gasteiger partial charge on any atom is -0.489 e. The first-order valence-electron chi connectivity index (χ1n) is 7.07. The number of nitrogens with zero attached hydrogens (tertiary/aromatic N) is 1. The first-order valence-corrected chi connectivity index (χ1v) is 7.45. The van der Waals surface area contributed by atoms with Gasteiger partial charge in [-0.25, -0.2) is 0 Å². The number of likely N-dealkylation sites (tertiary alicyclic amines) is 1. The van der Waals surface area contributed by atoms with Gasteiger partial charge in [-0.1, -0.05) is 30.7 Å². The van der Waals surface area contributed by atoms with Crippen molar-refractivity contribution in [2.45, 2.75) is 38.3 Å². The van der Waals surface area contributed by atoms with Crippen molar-refractivity contribution in [3.05, 3.63) is 29.3 Å². The van der Waals surface area contributed by atoms with Crippen LogP contribution in [-0.4, -0.2) is 36.0 Å². The molecule has 1 aliphatic rings. The molecule has 1 aliphatic heterocycles. The van der Waals surface area contributed by atoms with Gasteiger partial charge in [0.2, 0.25) is 5.91 Å². The average molecular weight is 297 g/mol. The lowest BCUT2D eigenvalue weighted by Crippen LogP contribution is -2.48. The Hall–Kier alpha value is -1.26. The van der Waals surface area contributed by atoms with Crippen molar-refractivity contribution in [3.8, 4) is 5.75 Å². The van der Waals surface area contributed by atoms with E-state index in [-0.39, 0.29) is 18.1 Å². The van der Waals surface area contributed by atoms with E-state index in [9.17, 15) is 4.79 Å². The number of nitrogens with two attached hydrogens (primary N) is 1. The van der Waals surface area contributed by atoms with Gasteiger partial charge >= 0.3 is 0 Å². The number of amides is 1.